The number of hydrogen-bond acceptors (Lipinski definition) is 3. The Bertz CT molecular complexity index is 422. The van der Waals surface area contributed by atoms with Crippen LogP contribution in [-0.4, -0.2) is 37.7 Å². The maximum absolute atomic E-state index is 12.3. The van der Waals surface area contributed by atoms with Crippen LogP contribution < -0.4 is 10.1 Å². The van der Waals surface area contributed by atoms with E-state index in [-0.39, 0.29) is 11.8 Å². The summed E-state index contributed by atoms with van der Waals surface area (Å²) < 4.78 is 29.0. The summed E-state index contributed by atoms with van der Waals surface area (Å²) in [5, 5.41) is 3.39. The molecular formula is C15H22F2N2O. The molecule has 1 aromatic rings. The first-order valence-electron chi connectivity index (χ1n) is 7.05. The number of rotatable bonds is 5. The fraction of sp³-hybridized carbons (Fsp3) is 0.600. The molecule has 1 N–H and O–H groups in total. The highest BCUT2D eigenvalue weighted by Gasteiger charge is 2.23. The molecule has 1 aromatic carbocycles. The topological polar surface area (TPSA) is 24.5 Å². The van der Waals surface area contributed by atoms with Crippen molar-refractivity contribution in [3.8, 4) is 5.75 Å². The third-order valence-corrected chi connectivity index (χ3v) is 4.02. The number of piperidine rings is 1. The van der Waals surface area contributed by atoms with Gasteiger partial charge in [0, 0.05) is 18.6 Å². The van der Waals surface area contributed by atoms with Crippen molar-refractivity contribution in [2.24, 2.45) is 0 Å². The van der Waals surface area contributed by atoms with E-state index in [1.165, 1.54) is 12.8 Å². The Labute approximate surface area is 118 Å². The van der Waals surface area contributed by atoms with Gasteiger partial charge in [-0.1, -0.05) is 12.1 Å². The van der Waals surface area contributed by atoms with Gasteiger partial charge in [0.05, 0.1) is 0 Å². The molecule has 0 amide bonds. The summed E-state index contributed by atoms with van der Waals surface area (Å²) in [4.78, 5) is 2.30. The molecule has 1 aliphatic rings. The van der Waals surface area contributed by atoms with Gasteiger partial charge in [-0.05, 0) is 51.1 Å². The standard InChI is InChI=1S/C15H22F2N2O/c1-11(19(2)13-6-4-8-18-10-13)12-5-3-7-14(9-12)20-15(16)17/h3,5,7,9,11,13,15,18H,4,6,8,10H2,1-2H3. The van der Waals surface area contributed by atoms with Crippen LogP contribution in [0.25, 0.3) is 0 Å². The van der Waals surface area contributed by atoms with Gasteiger partial charge in [-0.2, -0.15) is 8.78 Å². The predicted molar refractivity (Wildman–Crippen MR) is 75.1 cm³/mol. The zero-order chi connectivity index (χ0) is 14.5. The average molecular weight is 284 g/mol. The first-order chi connectivity index (χ1) is 9.58. The van der Waals surface area contributed by atoms with E-state index in [1.54, 1.807) is 18.2 Å². The Morgan fingerprint density at radius 1 is 1.40 bits per heavy atom. The van der Waals surface area contributed by atoms with Gasteiger partial charge in [-0.15, -0.1) is 0 Å². The molecule has 0 aliphatic carbocycles. The van der Waals surface area contributed by atoms with E-state index in [1.807, 2.05) is 6.07 Å². The summed E-state index contributed by atoms with van der Waals surface area (Å²) in [6.45, 7) is 1.38. The second kappa shape index (κ2) is 6.99. The second-order valence-electron chi connectivity index (χ2n) is 5.29. The van der Waals surface area contributed by atoms with Crippen LogP contribution in [0, 0.1) is 0 Å². The van der Waals surface area contributed by atoms with E-state index in [0.717, 1.165) is 18.7 Å². The highest BCUT2D eigenvalue weighted by molar-refractivity contribution is 5.30. The molecule has 2 atom stereocenters. The Morgan fingerprint density at radius 2 is 2.20 bits per heavy atom. The van der Waals surface area contributed by atoms with Gasteiger partial charge in [0.25, 0.3) is 0 Å². The fourth-order valence-electron chi connectivity index (χ4n) is 2.68. The van der Waals surface area contributed by atoms with Gasteiger partial charge in [0.1, 0.15) is 5.75 Å². The molecule has 0 aromatic heterocycles. The minimum Gasteiger partial charge on any atom is -0.435 e. The van der Waals surface area contributed by atoms with Crippen LogP contribution >= 0.6 is 0 Å². The van der Waals surface area contributed by atoms with Crippen LogP contribution in [0.3, 0.4) is 0 Å². The molecule has 5 heteroatoms. The van der Waals surface area contributed by atoms with Crippen molar-refractivity contribution < 1.29 is 13.5 Å². The number of nitrogens with one attached hydrogen (secondary N) is 1. The minimum absolute atomic E-state index is 0.168. The van der Waals surface area contributed by atoms with Crippen LogP contribution in [-0.2, 0) is 0 Å². The summed E-state index contributed by atoms with van der Waals surface area (Å²) in [5.41, 5.74) is 0.997. The Balaban J connectivity index is 2.05. The lowest BCUT2D eigenvalue weighted by molar-refractivity contribution is -0.0499. The molecule has 2 unspecified atom stereocenters. The molecule has 0 radical (unpaired) electrons. The fourth-order valence-corrected chi connectivity index (χ4v) is 2.68. The van der Waals surface area contributed by atoms with E-state index in [9.17, 15) is 8.78 Å². The normalized spacial score (nSPS) is 21.2. The zero-order valence-corrected chi connectivity index (χ0v) is 12.0. The molecule has 1 aliphatic heterocycles. The van der Waals surface area contributed by atoms with Gasteiger partial charge in [-0.25, -0.2) is 0 Å². The Kier molecular flexibility index (Phi) is 5.31. The zero-order valence-electron chi connectivity index (χ0n) is 12.0. The van der Waals surface area contributed by atoms with E-state index in [2.05, 4.69) is 28.9 Å². The number of ether oxygens (including phenoxy) is 1. The lowest BCUT2D eigenvalue weighted by Gasteiger charge is -2.36. The molecule has 0 bridgehead atoms. The van der Waals surface area contributed by atoms with Crippen molar-refractivity contribution in [2.75, 3.05) is 20.1 Å². The van der Waals surface area contributed by atoms with Crippen molar-refractivity contribution in [2.45, 2.75) is 38.5 Å². The van der Waals surface area contributed by atoms with Crippen molar-refractivity contribution in [3.05, 3.63) is 29.8 Å². The monoisotopic (exact) mass is 284 g/mol. The van der Waals surface area contributed by atoms with Crippen LogP contribution in [0.5, 0.6) is 5.75 Å². The first-order valence-corrected chi connectivity index (χ1v) is 7.05. The van der Waals surface area contributed by atoms with Crippen LogP contribution in [0.1, 0.15) is 31.4 Å². The van der Waals surface area contributed by atoms with Crippen molar-refractivity contribution in [3.63, 3.8) is 0 Å². The molecule has 1 saturated heterocycles. The predicted octanol–water partition coefficient (Wildman–Crippen LogP) is 3.03. The van der Waals surface area contributed by atoms with Gasteiger partial charge in [-0.3, -0.25) is 4.90 Å². The third-order valence-electron chi connectivity index (χ3n) is 4.02. The van der Waals surface area contributed by atoms with E-state index in [4.69, 9.17) is 0 Å². The summed E-state index contributed by atoms with van der Waals surface area (Å²) in [5.74, 6) is 0.222. The number of likely N-dealkylation sites (N-methyl/N-ethyl adjacent to an activating group) is 1. The number of benzene rings is 1. The van der Waals surface area contributed by atoms with E-state index in [0.29, 0.717) is 6.04 Å². The Hall–Kier alpha value is -1.20. The summed E-state index contributed by atoms with van der Waals surface area (Å²) in [7, 11) is 2.09. The molecule has 2 rings (SSSR count). The number of hydrogen-bond donors (Lipinski definition) is 1. The highest BCUT2D eigenvalue weighted by Crippen LogP contribution is 2.26. The summed E-state index contributed by atoms with van der Waals surface area (Å²) >= 11 is 0. The van der Waals surface area contributed by atoms with Crippen LogP contribution in [0.2, 0.25) is 0 Å². The maximum Gasteiger partial charge on any atom is 0.387 e. The smallest absolute Gasteiger partial charge is 0.387 e. The molecular weight excluding hydrogens is 262 g/mol. The number of alkyl halides is 2. The molecule has 3 nitrogen and oxygen atoms in total. The first kappa shape index (κ1) is 15.2. The molecule has 0 saturated carbocycles. The highest BCUT2D eigenvalue weighted by atomic mass is 19.3. The number of halogens is 2. The van der Waals surface area contributed by atoms with E-state index < -0.39 is 6.61 Å². The van der Waals surface area contributed by atoms with Gasteiger partial charge >= 0.3 is 6.61 Å². The average Bonchev–Trinajstić information content (AvgIpc) is 2.46. The summed E-state index contributed by atoms with van der Waals surface area (Å²) in [6.07, 6.45) is 2.34. The lowest BCUT2D eigenvalue weighted by atomic mass is 10.0. The lowest BCUT2D eigenvalue weighted by Crippen LogP contribution is -2.45. The second-order valence-corrected chi connectivity index (χ2v) is 5.29. The maximum atomic E-state index is 12.3. The SMILES string of the molecule is CC(c1cccc(OC(F)F)c1)N(C)C1CCCNC1. The third kappa shape index (κ3) is 3.90. The number of nitrogens with zero attached hydrogens (tertiary/aromatic N) is 1. The quantitative estimate of drug-likeness (QED) is 0.899. The minimum atomic E-state index is -2.78. The largest absolute Gasteiger partial charge is 0.435 e. The molecule has 1 fully saturated rings. The van der Waals surface area contributed by atoms with Crippen molar-refractivity contribution in [1.82, 2.24) is 10.2 Å². The van der Waals surface area contributed by atoms with Crippen molar-refractivity contribution >= 4 is 0 Å². The van der Waals surface area contributed by atoms with Gasteiger partial charge < -0.3 is 10.1 Å². The Morgan fingerprint density at radius 3 is 2.85 bits per heavy atom. The van der Waals surface area contributed by atoms with Crippen LogP contribution in [0.4, 0.5) is 8.78 Å². The van der Waals surface area contributed by atoms with E-state index >= 15 is 0 Å². The molecule has 1 heterocycles. The van der Waals surface area contributed by atoms with Gasteiger partial charge in [0.15, 0.2) is 0 Å². The van der Waals surface area contributed by atoms with Crippen molar-refractivity contribution in [1.29, 1.82) is 0 Å². The van der Waals surface area contributed by atoms with Crippen LogP contribution in [0.15, 0.2) is 24.3 Å². The molecule has 112 valence electrons. The molecule has 0 spiro atoms. The summed E-state index contributed by atoms with van der Waals surface area (Å²) in [6, 6.07) is 7.62. The molecule has 20 heavy (non-hydrogen) atoms. The van der Waals surface area contributed by atoms with Gasteiger partial charge in [0.2, 0.25) is 0 Å².